The molecule has 208 valence electrons. The third-order valence-electron chi connectivity index (χ3n) is 7.11. The number of unbranched alkanes of at least 4 members (excludes halogenated alkanes) is 6. The van der Waals surface area contributed by atoms with Gasteiger partial charge in [-0.05, 0) is 65.5 Å². The molecule has 1 fully saturated rings. The second-order valence-electron chi connectivity index (χ2n) is 11.2. The van der Waals surface area contributed by atoms with E-state index in [-0.39, 0.29) is 24.2 Å². The lowest BCUT2D eigenvalue weighted by molar-refractivity contribution is 0.0360. The van der Waals surface area contributed by atoms with E-state index in [0.717, 1.165) is 57.3 Å². The first-order valence-electron chi connectivity index (χ1n) is 13.9. The molecule has 1 aromatic carbocycles. The van der Waals surface area contributed by atoms with E-state index in [1.54, 1.807) is 20.3 Å². The predicted molar refractivity (Wildman–Crippen MR) is 143 cm³/mol. The minimum Gasteiger partial charge on any atom is -0.497 e. The van der Waals surface area contributed by atoms with E-state index in [9.17, 15) is 9.59 Å². The molecular formula is C29H46N2O6. The highest BCUT2D eigenvalue weighted by molar-refractivity contribution is 5.97. The number of hydrogen-bond acceptors (Lipinski definition) is 7. The number of hydrogen-bond donors (Lipinski definition) is 1. The van der Waals surface area contributed by atoms with Crippen LogP contribution in [0.3, 0.4) is 0 Å². The van der Waals surface area contributed by atoms with Gasteiger partial charge in [0, 0.05) is 30.8 Å². The molecule has 1 aromatic rings. The molecule has 1 unspecified atom stereocenters. The number of alkyl carbamates (subject to hydrolysis) is 1. The standard InChI is InChI=1S/C29H46N2O6/c1-29(2,3)37-28(33)30-21-14-17-31(18-15-21)16-12-10-8-6-7-9-11-13-24-23-19-22(34-4)20-25(35-5)26(23)27(32)36-24/h19-21,24H,6-18H2,1-5H3,(H,30,33). The van der Waals surface area contributed by atoms with E-state index in [2.05, 4.69) is 10.2 Å². The minimum atomic E-state index is -0.453. The van der Waals surface area contributed by atoms with Crippen LogP contribution < -0.4 is 14.8 Å². The Morgan fingerprint density at radius 3 is 2.27 bits per heavy atom. The van der Waals surface area contributed by atoms with Crippen LogP contribution in [0.4, 0.5) is 4.79 Å². The second-order valence-corrected chi connectivity index (χ2v) is 11.2. The highest BCUT2D eigenvalue weighted by Gasteiger charge is 2.34. The molecule has 8 heteroatoms. The number of piperidine rings is 1. The summed E-state index contributed by atoms with van der Waals surface area (Å²) in [6.45, 7) is 8.87. The van der Waals surface area contributed by atoms with Crippen molar-refractivity contribution in [3.8, 4) is 11.5 Å². The maximum atomic E-state index is 12.3. The van der Waals surface area contributed by atoms with Crippen LogP contribution in [0.25, 0.3) is 0 Å². The van der Waals surface area contributed by atoms with E-state index < -0.39 is 5.60 Å². The zero-order chi connectivity index (χ0) is 26.8. The summed E-state index contributed by atoms with van der Waals surface area (Å²) in [5.41, 5.74) is 0.966. The molecule has 2 heterocycles. The van der Waals surface area contributed by atoms with Crippen LogP contribution in [-0.2, 0) is 9.47 Å². The largest absolute Gasteiger partial charge is 0.497 e. The number of ether oxygens (including phenoxy) is 4. The average Bonchev–Trinajstić information content (AvgIpc) is 3.17. The first-order valence-corrected chi connectivity index (χ1v) is 13.9. The molecular weight excluding hydrogens is 472 g/mol. The van der Waals surface area contributed by atoms with Gasteiger partial charge >= 0.3 is 12.1 Å². The smallest absolute Gasteiger partial charge is 0.407 e. The van der Waals surface area contributed by atoms with Crippen molar-refractivity contribution in [3.63, 3.8) is 0 Å². The van der Waals surface area contributed by atoms with Crippen molar-refractivity contribution in [1.82, 2.24) is 10.2 Å². The molecule has 0 spiro atoms. The van der Waals surface area contributed by atoms with Crippen molar-refractivity contribution >= 4 is 12.1 Å². The van der Waals surface area contributed by atoms with Gasteiger partial charge in [-0.1, -0.05) is 32.1 Å². The zero-order valence-corrected chi connectivity index (χ0v) is 23.4. The molecule has 0 saturated carbocycles. The van der Waals surface area contributed by atoms with Crippen LogP contribution in [-0.4, -0.2) is 62.5 Å². The van der Waals surface area contributed by atoms with Gasteiger partial charge < -0.3 is 29.2 Å². The molecule has 1 N–H and O–H groups in total. The van der Waals surface area contributed by atoms with Crippen LogP contribution in [0.15, 0.2) is 12.1 Å². The number of cyclic esters (lactones) is 1. The van der Waals surface area contributed by atoms with Crippen LogP contribution in [0.2, 0.25) is 0 Å². The maximum absolute atomic E-state index is 12.3. The van der Waals surface area contributed by atoms with Gasteiger partial charge in [-0.3, -0.25) is 0 Å². The molecule has 1 amide bonds. The summed E-state index contributed by atoms with van der Waals surface area (Å²) < 4.78 is 21.7. The summed E-state index contributed by atoms with van der Waals surface area (Å²) in [6, 6.07) is 3.85. The summed E-state index contributed by atoms with van der Waals surface area (Å²) in [5.74, 6) is 0.896. The van der Waals surface area contributed by atoms with Crippen LogP contribution in [0.1, 0.15) is 107 Å². The lowest BCUT2D eigenvalue weighted by Gasteiger charge is -2.32. The van der Waals surface area contributed by atoms with Crippen LogP contribution >= 0.6 is 0 Å². The first-order chi connectivity index (χ1) is 17.7. The molecule has 3 rings (SSSR count). The number of carbonyl (C=O) groups excluding carboxylic acids is 2. The molecule has 0 bridgehead atoms. The Morgan fingerprint density at radius 2 is 1.65 bits per heavy atom. The summed E-state index contributed by atoms with van der Waals surface area (Å²) in [4.78, 5) is 26.8. The monoisotopic (exact) mass is 518 g/mol. The molecule has 1 saturated heterocycles. The molecule has 0 radical (unpaired) electrons. The Hall–Kier alpha value is -2.48. The Labute approximate surface area is 222 Å². The summed E-state index contributed by atoms with van der Waals surface area (Å²) >= 11 is 0. The molecule has 8 nitrogen and oxygen atoms in total. The van der Waals surface area contributed by atoms with Crippen molar-refractivity contribution < 1.29 is 28.5 Å². The molecule has 37 heavy (non-hydrogen) atoms. The van der Waals surface area contributed by atoms with Gasteiger partial charge in [-0.2, -0.15) is 0 Å². The van der Waals surface area contributed by atoms with Crippen LogP contribution in [0, 0.1) is 0 Å². The Kier molecular flexibility index (Phi) is 10.9. The number of benzene rings is 1. The lowest BCUT2D eigenvalue weighted by Crippen LogP contribution is -2.46. The van der Waals surface area contributed by atoms with Gasteiger partial charge in [0.05, 0.1) is 14.2 Å². The second kappa shape index (κ2) is 13.9. The van der Waals surface area contributed by atoms with Gasteiger partial charge in [0.1, 0.15) is 28.8 Å². The predicted octanol–water partition coefficient (Wildman–Crippen LogP) is 6.03. The fourth-order valence-corrected chi connectivity index (χ4v) is 5.15. The molecule has 1 atom stereocenters. The van der Waals surface area contributed by atoms with Gasteiger partial charge in [0.15, 0.2) is 0 Å². The number of fused-ring (bicyclic) bond motifs is 1. The van der Waals surface area contributed by atoms with Gasteiger partial charge in [-0.25, -0.2) is 9.59 Å². The highest BCUT2D eigenvalue weighted by Crippen LogP contribution is 2.41. The normalized spacial score (nSPS) is 18.3. The van der Waals surface area contributed by atoms with Crippen molar-refractivity contribution in [2.45, 2.75) is 103 Å². The summed E-state index contributed by atoms with van der Waals surface area (Å²) in [5, 5.41) is 3.01. The fourth-order valence-electron chi connectivity index (χ4n) is 5.15. The number of nitrogens with zero attached hydrogens (tertiary/aromatic N) is 1. The van der Waals surface area contributed by atoms with E-state index in [1.165, 1.54) is 32.1 Å². The number of esters is 1. The number of rotatable bonds is 13. The third-order valence-corrected chi connectivity index (χ3v) is 7.11. The Morgan fingerprint density at radius 1 is 1.00 bits per heavy atom. The van der Waals surface area contributed by atoms with E-state index >= 15 is 0 Å². The maximum Gasteiger partial charge on any atom is 0.407 e. The van der Waals surface area contributed by atoms with E-state index in [0.29, 0.717) is 17.1 Å². The molecule has 0 aromatic heterocycles. The van der Waals surface area contributed by atoms with E-state index in [1.807, 2.05) is 26.8 Å². The van der Waals surface area contributed by atoms with Crippen molar-refractivity contribution in [2.75, 3.05) is 33.9 Å². The van der Waals surface area contributed by atoms with Gasteiger partial charge in [0.25, 0.3) is 0 Å². The van der Waals surface area contributed by atoms with Gasteiger partial charge in [-0.15, -0.1) is 0 Å². The topological polar surface area (TPSA) is 86.3 Å². The SMILES string of the molecule is COc1cc(OC)c2c(c1)C(CCCCCCCCCN1CCC(NC(=O)OC(C)(C)C)CC1)OC2=O. The molecule has 2 aliphatic rings. The number of likely N-dealkylation sites (tertiary alicyclic amines) is 1. The minimum absolute atomic E-state index is 0.213. The Bertz CT molecular complexity index is 889. The first kappa shape index (κ1) is 29.1. The fraction of sp³-hybridized carbons (Fsp3) is 0.724. The summed E-state index contributed by atoms with van der Waals surface area (Å²) in [6.07, 6.45) is 10.6. The zero-order valence-electron chi connectivity index (χ0n) is 23.4. The van der Waals surface area contributed by atoms with Crippen molar-refractivity contribution in [3.05, 3.63) is 23.3 Å². The summed E-state index contributed by atoms with van der Waals surface area (Å²) in [7, 11) is 3.17. The van der Waals surface area contributed by atoms with E-state index in [4.69, 9.17) is 18.9 Å². The Balaban J connectivity index is 1.22. The quantitative estimate of drug-likeness (QED) is 0.252. The van der Waals surface area contributed by atoms with Crippen molar-refractivity contribution in [2.24, 2.45) is 0 Å². The lowest BCUT2D eigenvalue weighted by atomic mass is 9.98. The molecule has 0 aliphatic carbocycles. The number of carbonyl (C=O) groups is 2. The van der Waals surface area contributed by atoms with Gasteiger partial charge in [0.2, 0.25) is 0 Å². The average molecular weight is 519 g/mol. The third kappa shape index (κ3) is 9.09. The van der Waals surface area contributed by atoms with Crippen LogP contribution in [0.5, 0.6) is 11.5 Å². The number of amides is 1. The molecule has 2 aliphatic heterocycles. The van der Waals surface area contributed by atoms with Crippen molar-refractivity contribution in [1.29, 1.82) is 0 Å². The highest BCUT2D eigenvalue weighted by atomic mass is 16.6. The number of nitrogens with one attached hydrogen (secondary N) is 1. The number of methoxy groups -OCH3 is 2.